The lowest BCUT2D eigenvalue weighted by atomic mass is 10.1. The number of benzene rings is 2. The van der Waals surface area contributed by atoms with Crippen molar-refractivity contribution in [1.29, 1.82) is 0 Å². The molecule has 32 heavy (non-hydrogen) atoms. The average Bonchev–Trinajstić information content (AvgIpc) is 3.27. The molecule has 0 aliphatic heterocycles. The second kappa shape index (κ2) is 9.81. The Morgan fingerprint density at radius 2 is 2.00 bits per heavy atom. The number of furan rings is 1. The van der Waals surface area contributed by atoms with E-state index in [4.69, 9.17) is 27.6 Å². The van der Waals surface area contributed by atoms with Gasteiger partial charge in [-0.15, -0.1) is 0 Å². The Hall–Kier alpha value is -2.74. The lowest BCUT2D eigenvalue weighted by molar-refractivity contribution is -0.119. The van der Waals surface area contributed by atoms with Gasteiger partial charge in [-0.05, 0) is 48.9 Å². The van der Waals surface area contributed by atoms with E-state index in [2.05, 4.69) is 10.3 Å². The predicted octanol–water partition coefficient (Wildman–Crippen LogP) is 5.31. The number of nitrogens with one attached hydrogen (secondary N) is 1. The van der Waals surface area contributed by atoms with E-state index in [1.807, 2.05) is 13.0 Å². The second-order valence-electron chi connectivity index (χ2n) is 7.13. The molecule has 1 N–H and O–H groups in total. The molecular weight excluding hydrogens is 469 g/mol. The van der Waals surface area contributed by atoms with Gasteiger partial charge in [0.05, 0.1) is 35.5 Å². The third-order valence-electron chi connectivity index (χ3n) is 4.86. The van der Waals surface area contributed by atoms with Gasteiger partial charge in [-0.25, -0.2) is 4.98 Å². The summed E-state index contributed by atoms with van der Waals surface area (Å²) in [6.45, 7) is 2.07. The normalized spacial score (nSPS) is 12.1. The lowest BCUT2D eigenvalue weighted by Crippen LogP contribution is -2.29. The van der Waals surface area contributed by atoms with E-state index >= 15 is 0 Å². The fourth-order valence-electron chi connectivity index (χ4n) is 3.30. The SMILES string of the molecule is CC(NC(=O)CSc1nc2ccccc2c(=O)n1Cc1ccco1)c1ccc(Cl)cc1Cl. The summed E-state index contributed by atoms with van der Waals surface area (Å²) in [7, 11) is 0. The van der Waals surface area contributed by atoms with Crippen LogP contribution < -0.4 is 10.9 Å². The molecule has 2 heterocycles. The average molecular weight is 488 g/mol. The zero-order valence-corrected chi connectivity index (χ0v) is 19.4. The molecule has 164 valence electrons. The van der Waals surface area contributed by atoms with Crippen LogP contribution in [-0.4, -0.2) is 21.2 Å². The van der Waals surface area contributed by atoms with Crippen molar-refractivity contribution in [3.8, 4) is 0 Å². The van der Waals surface area contributed by atoms with Crippen LogP contribution >= 0.6 is 35.0 Å². The number of fused-ring (bicyclic) bond motifs is 1. The summed E-state index contributed by atoms with van der Waals surface area (Å²) in [5.74, 6) is 0.500. The quantitative estimate of drug-likeness (QED) is 0.282. The third-order valence-corrected chi connectivity index (χ3v) is 6.40. The van der Waals surface area contributed by atoms with Gasteiger partial charge in [0.15, 0.2) is 5.16 Å². The van der Waals surface area contributed by atoms with E-state index in [0.29, 0.717) is 31.9 Å². The summed E-state index contributed by atoms with van der Waals surface area (Å²) in [4.78, 5) is 30.3. The van der Waals surface area contributed by atoms with E-state index in [9.17, 15) is 9.59 Å². The standard InChI is InChI=1S/C23H19Cl2N3O3S/c1-14(17-9-8-15(24)11-19(17)25)26-21(29)13-32-23-27-20-7-3-2-6-18(20)22(30)28(23)12-16-5-4-10-31-16/h2-11,14H,12-13H2,1H3,(H,26,29). The molecular formula is C23H19Cl2N3O3S. The van der Waals surface area contributed by atoms with Crippen molar-refractivity contribution < 1.29 is 9.21 Å². The Morgan fingerprint density at radius 3 is 2.75 bits per heavy atom. The molecule has 1 atom stereocenters. The molecule has 0 fully saturated rings. The van der Waals surface area contributed by atoms with Gasteiger partial charge in [0.2, 0.25) is 5.91 Å². The maximum atomic E-state index is 13.1. The number of nitrogens with zero attached hydrogens (tertiary/aromatic N) is 2. The summed E-state index contributed by atoms with van der Waals surface area (Å²) < 4.78 is 6.93. The smallest absolute Gasteiger partial charge is 0.262 e. The Bertz CT molecular complexity index is 1320. The van der Waals surface area contributed by atoms with Crippen molar-refractivity contribution in [2.24, 2.45) is 0 Å². The van der Waals surface area contributed by atoms with E-state index in [-0.39, 0.29) is 29.8 Å². The minimum absolute atomic E-state index is 0.0818. The topological polar surface area (TPSA) is 77.1 Å². The monoisotopic (exact) mass is 487 g/mol. The molecule has 2 aromatic heterocycles. The van der Waals surface area contributed by atoms with Gasteiger partial charge >= 0.3 is 0 Å². The van der Waals surface area contributed by atoms with Gasteiger partial charge in [0.1, 0.15) is 5.76 Å². The number of halogens is 2. The van der Waals surface area contributed by atoms with E-state index in [1.165, 1.54) is 16.3 Å². The zero-order valence-electron chi connectivity index (χ0n) is 17.0. The van der Waals surface area contributed by atoms with Gasteiger partial charge in [0, 0.05) is 10.0 Å². The molecule has 0 aliphatic rings. The highest BCUT2D eigenvalue weighted by molar-refractivity contribution is 7.99. The first-order valence-corrected chi connectivity index (χ1v) is 11.6. The molecule has 4 aromatic rings. The zero-order chi connectivity index (χ0) is 22.7. The number of hydrogen-bond acceptors (Lipinski definition) is 5. The van der Waals surface area contributed by atoms with Gasteiger partial charge in [-0.2, -0.15) is 0 Å². The Balaban J connectivity index is 1.54. The molecule has 0 spiro atoms. The van der Waals surface area contributed by atoms with Gasteiger partial charge in [-0.1, -0.05) is 53.2 Å². The van der Waals surface area contributed by atoms with Crippen LogP contribution in [0.3, 0.4) is 0 Å². The van der Waals surface area contributed by atoms with Crippen LogP contribution in [0.2, 0.25) is 10.0 Å². The number of para-hydroxylation sites is 1. The molecule has 0 saturated heterocycles. The van der Waals surface area contributed by atoms with Crippen LogP contribution in [0.4, 0.5) is 0 Å². The van der Waals surface area contributed by atoms with Crippen LogP contribution in [0.1, 0.15) is 24.3 Å². The number of carbonyl (C=O) groups excluding carboxylic acids is 1. The number of amides is 1. The number of aromatic nitrogens is 2. The number of carbonyl (C=O) groups is 1. The fraction of sp³-hybridized carbons (Fsp3) is 0.174. The van der Waals surface area contributed by atoms with Crippen molar-refractivity contribution >= 4 is 51.8 Å². The van der Waals surface area contributed by atoms with E-state index < -0.39 is 0 Å². The lowest BCUT2D eigenvalue weighted by Gasteiger charge is -2.16. The van der Waals surface area contributed by atoms with Gasteiger partial charge in [0.25, 0.3) is 5.56 Å². The second-order valence-corrected chi connectivity index (χ2v) is 8.91. The Kier molecular flexibility index (Phi) is 6.89. The first-order chi connectivity index (χ1) is 15.4. The first kappa shape index (κ1) is 22.5. The van der Waals surface area contributed by atoms with E-state index in [0.717, 1.165) is 5.56 Å². The highest BCUT2D eigenvalue weighted by Gasteiger charge is 2.17. The third kappa shape index (κ3) is 5.01. The molecule has 1 amide bonds. The Morgan fingerprint density at radius 1 is 1.19 bits per heavy atom. The van der Waals surface area contributed by atoms with E-state index in [1.54, 1.807) is 54.8 Å². The van der Waals surface area contributed by atoms with Crippen molar-refractivity contribution in [2.45, 2.75) is 24.7 Å². The van der Waals surface area contributed by atoms with Crippen LogP contribution in [0.25, 0.3) is 10.9 Å². The van der Waals surface area contributed by atoms with Gasteiger partial charge in [-0.3, -0.25) is 14.2 Å². The van der Waals surface area contributed by atoms with Gasteiger partial charge < -0.3 is 9.73 Å². The highest BCUT2D eigenvalue weighted by Crippen LogP contribution is 2.26. The minimum Gasteiger partial charge on any atom is -0.467 e. The molecule has 9 heteroatoms. The first-order valence-electron chi connectivity index (χ1n) is 9.81. The molecule has 2 aromatic carbocycles. The van der Waals surface area contributed by atoms with Crippen molar-refractivity contribution in [1.82, 2.24) is 14.9 Å². The molecule has 1 unspecified atom stereocenters. The van der Waals surface area contributed by atoms with Crippen molar-refractivity contribution in [2.75, 3.05) is 5.75 Å². The molecule has 0 aliphatic carbocycles. The molecule has 6 nitrogen and oxygen atoms in total. The Labute approximate surface area is 198 Å². The molecule has 0 saturated carbocycles. The van der Waals surface area contributed by atoms with Crippen LogP contribution in [0.15, 0.2) is 75.2 Å². The number of thioether (sulfide) groups is 1. The number of hydrogen-bond donors (Lipinski definition) is 1. The van der Waals surface area contributed by atoms with Crippen molar-refractivity contribution in [3.05, 3.63) is 92.6 Å². The van der Waals surface area contributed by atoms with Crippen LogP contribution in [-0.2, 0) is 11.3 Å². The summed E-state index contributed by atoms with van der Waals surface area (Å²) in [5, 5.41) is 4.90. The molecule has 4 rings (SSSR count). The molecule has 0 bridgehead atoms. The maximum Gasteiger partial charge on any atom is 0.262 e. The largest absolute Gasteiger partial charge is 0.467 e. The summed E-state index contributed by atoms with van der Waals surface area (Å²) in [6, 6.07) is 15.5. The van der Waals surface area contributed by atoms with Crippen LogP contribution in [0, 0.1) is 0 Å². The summed E-state index contributed by atoms with van der Waals surface area (Å²) >= 11 is 13.4. The minimum atomic E-state index is -0.303. The summed E-state index contributed by atoms with van der Waals surface area (Å²) in [6.07, 6.45) is 1.55. The maximum absolute atomic E-state index is 13.1. The predicted molar refractivity (Wildman–Crippen MR) is 128 cm³/mol. The van der Waals surface area contributed by atoms with Crippen molar-refractivity contribution in [3.63, 3.8) is 0 Å². The number of rotatable bonds is 7. The fourth-order valence-corrected chi connectivity index (χ4v) is 4.68. The van der Waals surface area contributed by atoms with Crippen LogP contribution in [0.5, 0.6) is 0 Å². The molecule has 0 radical (unpaired) electrons. The summed E-state index contributed by atoms with van der Waals surface area (Å²) in [5.41, 5.74) is 1.17. The highest BCUT2D eigenvalue weighted by atomic mass is 35.5.